The Balaban J connectivity index is 1.58. The minimum Gasteiger partial charge on any atom is -0.382 e. The Morgan fingerprint density at radius 3 is 2.83 bits per heavy atom. The topological polar surface area (TPSA) is 53.6 Å². The summed E-state index contributed by atoms with van der Waals surface area (Å²) in [6, 6.07) is 6.48. The third-order valence-electron chi connectivity index (χ3n) is 4.23. The van der Waals surface area contributed by atoms with Gasteiger partial charge in [0, 0.05) is 45.1 Å². The molecule has 1 aromatic rings. The standard InChI is InChI=1S/C18H28FN3O2/c1-2-24-12-4-3-10-20-18(23)21-13-15-9-11-22(14-15)17-7-5-16(19)6-8-17/h5-8,15H,2-4,9-14H2,1H3,(H2,20,21,23)/t15-/m0/s1. The Labute approximate surface area is 143 Å². The lowest BCUT2D eigenvalue weighted by molar-refractivity contribution is 0.143. The predicted molar refractivity (Wildman–Crippen MR) is 93.8 cm³/mol. The lowest BCUT2D eigenvalue weighted by Crippen LogP contribution is -2.39. The van der Waals surface area contributed by atoms with E-state index in [1.165, 1.54) is 12.1 Å². The largest absolute Gasteiger partial charge is 0.382 e. The number of carbonyl (C=O) groups excluding carboxylic acids is 1. The van der Waals surface area contributed by atoms with Crippen LogP contribution in [-0.4, -0.2) is 45.4 Å². The molecule has 0 spiro atoms. The first-order valence-corrected chi connectivity index (χ1v) is 8.79. The van der Waals surface area contributed by atoms with Crippen LogP contribution in [0.2, 0.25) is 0 Å². The number of nitrogens with zero attached hydrogens (tertiary/aromatic N) is 1. The predicted octanol–water partition coefficient (Wildman–Crippen LogP) is 2.77. The average molecular weight is 337 g/mol. The van der Waals surface area contributed by atoms with Crippen molar-refractivity contribution in [3.63, 3.8) is 0 Å². The molecule has 134 valence electrons. The van der Waals surface area contributed by atoms with Crippen LogP contribution in [-0.2, 0) is 4.74 Å². The van der Waals surface area contributed by atoms with Crippen LogP contribution in [0.4, 0.5) is 14.9 Å². The minimum absolute atomic E-state index is 0.105. The molecule has 1 saturated heterocycles. The molecule has 6 heteroatoms. The number of urea groups is 1. The maximum absolute atomic E-state index is 13.0. The summed E-state index contributed by atoms with van der Waals surface area (Å²) in [7, 11) is 0. The second kappa shape index (κ2) is 10.1. The van der Waals surface area contributed by atoms with E-state index < -0.39 is 0 Å². The van der Waals surface area contributed by atoms with Crippen LogP contribution in [0.25, 0.3) is 0 Å². The van der Waals surface area contributed by atoms with Crippen molar-refractivity contribution in [1.29, 1.82) is 0 Å². The second-order valence-electron chi connectivity index (χ2n) is 6.12. The first-order chi connectivity index (χ1) is 11.7. The van der Waals surface area contributed by atoms with E-state index in [1.54, 1.807) is 12.1 Å². The number of unbranched alkanes of at least 4 members (excludes halogenated alkanes) is 1. The van der Waals surface area contributed by atoms with E-state index in [2.05, 4.69) is 15.5 Å². The maximum Gasteiger partial charge on any atom is 0.314 e. The van der Waals surface area contributed by atoms with Crippen LogP contribution in [0.1, 0.15) is 26.2 Å². The number of rotatable bonds is 9. The molecule has 1 fully saturated rings. The van der Waals surface area contributed by atoms with Crippen molar-refractivity contribution < 1.29 is 13.9 Å². The number of carbonyl (C=O) groups is 1. The molecule has 2 rings (SSSR count). The van der Waals surface area contributed by atoms with Crippen molar-refractivity contribution in [2.45, 2.75) is 26.2 Å². The van der Waals surface area contributed by atoms with Crippen molar-refractivity contribution in [2.24, 2.45) is 5.92 Å². The summed E-state index contributed by atoms with van der Waals surface area (Å²) in [4.78, 5) is 14.0. The highest BCUT2D eigenvalue weighted by Gasteiger charge is 2.23. The lowest BCUT2D eigenvalue weighted by atomic mass is 10.1. The van der Waals surface area contributed by atoms with Gasteiger partial charge in [-0.05, 0) is 56.4 Å². The zero-order chi connectivity index (χ0) is 17.2. The third-order valence-corrected chi connectivity index (χ3v) is 4.23. The molecule has 1 atom stereocenters. The molecule has 0 radical (unpaired) electrons. The molecule has 2 N–H and O–H groups in total. The number of hydrogen-bond acceptors (Lipinski definition) is 3. The van der Waals surface area contributed by atoms with E-state index in [4.69, 9.17) is 4.74 Å². The molecule has 5 nitrogen and oxygen atoms in total. The SMILES string of the molecule is CCOCCCCNC(=O)NC[C@@H]1CCN(c2ccc(F)cc2)C1. The van der Waals surface area contributed by atoms with Crippen LogP contribution in [0.3, 0.4) is 0 Å². The van der Waals surface area contributed by atoms with Gasteiger partial charge in [-0.25, -0.2) is 9.18 Å². The van der Waals surface area contributed by atoms with Crippen LogP contribution in [0.5, 0.6) is 0 Å². The molecule has 1 aromatic carbocycles. The van der Waals surface area contributed by atoms with Gasteiger partial charge in [-0.3, -0.25) is 0 Å². The van der Waals surface area contributed by atoms with Gasteiger partial charge in [0.15, 0.2) is 0 Å². The van der Waals surface area contributed by atoms with Gasteiger partial charge < -0.3 is 20.3 Å². The molecule has 1 aliphatic rings. The fourth-order valence-corrected chi connectivity index (χ4v) is 2.86. The summed E-state index contributed by atoms with van der Waals surface area (Å²) in [5.74, 6) is 0.216. The average Bonchev–Trinajstić information content (AvgIpc) is 3.06. The van der Waals surface area contributed by atoms with Gasteiger partial charge in [0.2, 0.25) is 0 Å². The van der Waals surface area contributed by atoms with Crippen LogP contribution < -0.4 is 15.5 Å². The summed E-state index contributed by atoms with van der Waals surface area (Å²) in [6.07, 6.45) is 2.92. The first kappa shape index (κ1) is 18.5. The van der Waals surface area contributed by atoms with Crippen LogP contribution in [0.15, 0.2) is 24.3 Å². The van der Waals surface area contributed by atoms with Crippen molar-refractivity contribution in [2.75, 3.05) is 44.3 Å². The number of hydrogen-bond donors (Lipinski definition) is 2. The number of halogens is 1. The number of anilines is 1. The van der Waals surface area contributed by atoms with Gasteiger partial charge in [-0.2, -0.15) is 0 Å². The maximum atomic E-state index is 13.0. The Morgan fingerprint density at radius 2 is 2.08 bits per heavy atom. The summed E-state index contributed by atoms with van der Waals surface area (Å²) >= 11 is 0. The molecular formula is C18H28FN3O2. The lowest BCUT2D eigenvalue weighted by Gasteiger charge is -2.19. The highest BCUT2D eigenvalue weighted by molar-refractivity contribution is 5.73. The van der Waals surface area contributed by atoms with Crippen molar-refractivity contribution in [3.05, 3.63) is 30.1 Å². The van der Waals surface area contributed by atoms with E-state index in [-0.39, 0.29) is 11.8 Å². The van der Waals surface area contributed by atoms with E-state index in [9.17, 15) is 9.18 Å². The molecule has 0 aromatic heterocycles. The molecule has 2 amide bonds. The molecule has 24 heavy (non-hydrogen) atoms. The van der Waals surface area contributed by atoms with Gasteiger partial charge >= 0.3 is 6.03 Å². The van der Waals surface area contributed by atoms with Crippen molar-refractivity contribution in [3.8, 4) is 0 Å². The van der Waals surface area contributed by atoms with Crippen LogP contribution in [0, 0.1) is 11.7 Å². The number of amides is 2. The van der Waals surface area contributed by atoms with Gasteiger partial charge in [0.25, 0.3) is 0 Å². The molecule has 1 aliphatic heterocycles. The Bertz CT molecular complexity index is 496. The number of ether oxygens (including phenoxy) is 1. The molecule has 1 heterocycles. The smallest absolute Gasteiger partial charge is 0.314 e. The van der Waals surface area contributed by atoms with Gasteiger partial charge in [-0.1, -0.05) is 0 Å². The molecule has 0 bridgehead atoms. The second-order valence-corrected chi connectivity index (χ2v) is 6.12. The summed E-state index contributed by atoms with van der Waals surface area (Å²) in [6.45, 7) is 6.64. The van der Waals surface area contributed by atoms with E-state index in [0.29, 0.717) is 19.0 Å². The first-order valence-electron chi connectivity index (χ1n) is 8.79. The quantitative estimate of drug-likeness (QED) is 0.681. The third kappa shape index (κ3) is 6.35. The van der Waals surface area contributed by atoms with Crippen LogP contribution >= 0.6 is 0 Å². The Morgan fingerprint density at radius 1 is 1.29 bits per heavy atom. The minimum atomic E-state index is -0.214. The van der Waals surface area contributed by atoms with Gasteiger partial charge in [-0.15, -0.1) is 0 Å². The van der Waals surface area contributed by atoms with Gasteiger partial charge in [0.05, 0.1) is 0 Å². The highest BCUT2D eigenvalue weighted by atomic mass is 19.1. The Kier molecular flexibility index (Phi) is 7.82. The zero-order valence-corrected chi connectivity index (χ0v) is 14.4. The Hall–Kier alpha value is -1.82. The number of benzene rings is 1. The normalized spacial score (nSPS) is 17.1. The molecule has 0 unspecified atom stereocenters. The highest BCUT2D eigenvalue weighted by Crippen LogP contribution is 2.23. The number of nitrogens with one attached hydrogen (secondary N) is 2. The summed E-state index contributed by atoms with van der Waals surface area (Å²) in [5.41, 5.74) is 1.04. The van der Waals surface area contributed by atoms with E-state index in [1.807, 2.05) is 6.92 Å². The van der Waals surface area contributed by atoms with E-state index in [0.717, 1.165) is 51.3 Å². The van der Waals surface area contributed by atoms with E-state index >= 15 is 0 Å². The summed E-state index contributed by atoms with van der Waals surface area (Å²) in [5, 5.41) is 5.81. The van der Waals surface area contributed by atoms with Crippen molar-refractivity contribution >= 4 is 11.7 Å². The van der Waals surface area contributed by atoms with Gasteiger partial charge in [0.1, 0.15) is 5.82 Å². The molecule has 0 aliphatic carbocycles. The zero-order valence-electron chi connectivity index (χ0n) is 14.4. The summed E-state index contributed by atoms with van der Waals surface area (Å²) < 4.78 is 18.2. The van der Waals surface area contributed by atoms with Crippen molar-refractivity contribution in [1.82, 2.24) is 10.6 Å². The molecular weight excluding hydrogens is 309 g/mol. The monoisotopic (exact) mass is 337 g/mol. The fraction of sp³-hybridized carbons (Fsp3) is 0.611. The molecule has 0 saturated carbocycles. The fourth-order valence-electron chi connectivity index (χ4n) is 2.86.